The van der Waals surface area contributed by atoms with Crippen molar-refractivity contribution >= 4 is 17.2 Å². The molecule has 0 saturated heterocycles. The van der Waals surface area contributed by atoms with Gasteiger partial charge in [-0.3, -0.25) is 0 Å². The third-order valence-corrected chi connectivity index (χ3v) is 3.77. The fourth-order valence-corrected chi connectivity index (χ4v) is 2.59. The van der Waals surface area contributed by atoms with E-state index in [0.29, 0.717) is 0 Å². The first kappa shape index (κ1) is 12.9. The Morgan fingerprint density at radius 1 is 1.15 bits per heavy atom. The molecule has 2 aromatic rings. The molecule has 20 heavy (non-hydrogen) atoms. The predicted molar refractivity (Wildman–Crippen MR) is 81.6 cm³/mol. The normalized spacial score (nSPS) is 15.9. The van der Waals surface area contributed by atoms with Gasteiger partial charge < -0.3 is 14.9 Å². The number of nitrogens with zero attached hydrogens (tertiary/aromatic N) is 3. The van der Waals surface area contributed by atoms with Gasteiger partial charge in [0.25, 0.3) is 0 Å². The number of likely N-dealkylation sites (N-methyl/N-ethyl adjacent to an activating group) is 1. The lowest BCUT2D eigenvalue weighted by Gasteiger charge is -2.36. The Kier molecular flexibility index (Phi) is 3.32. The Hall–Kier alpha value is -2.07. The lowest BCUT2D eigenvalue weighted by Crippen LogP contribution is -2.36. The molecule has 1 unspecified atom stereocenters. The van der Waals surface area contributed by atoms with Crippen LogP contribution in [0.15, 0.2) is 42.6 Å². The molecule has 1 aromatic heterocycles. The number of pyridine rings is 1. The summed E-state index contributed by atoms with van der Waals surface area (Å²) >= 11 is 0. The molecular weight excluding hydrogens is 250 g/mol. The highest BCUT2D eigenvalue weighted by atomic mass is 16.3. The Morgan fingerprint density at radius 3 is 2.65 bits per heavy atom. The molecular formula is C16H19N3O. The summed E-state index contributed by atoms with van der Waals surface area (Å²) in [5, 5.41) is 9.73. The second-order valence-corrected chi connectivity index (χ2v) is 5.19. The van der Waals surface area contributed by atoms with E-state index < -0.39 is 6.10 Å². The fourth-order valence-electron chi connectivity index (χ4n) is 2.59. The summed E-state index contributed by atoms with van der Waals surface area (Å²) in [6, 6.07) is 12.2. The number of hydrogen-bond donors (Lipinski definition) is 1. The SMILES string of the molecule is CC(O)c1ccnc(N2CCN(C)c3ccccc32)c1. The van der Waals surface area contributed by atoms with Crippen LogP contribution in [0.3, 0.4) is 0 Å². The van der Waals surface area contributed by atoms with Gasteiger partial charge in [-0.25, -0.2) is 4.98 Å². The van der Waals surface area contributed by atoms with Gasteiger partial charge in [0.2, 0.25) is 0 Å². The molecule has 4 nitrogen and oxygen atoms in total. The number of aliphatic hydroxyl groups is 1. The lowest BCUT2D eigenvalue weighted by atomic mass is 10.1. The molecule has 1 aliphatic heterocycles. The second-order valence-electron chi connectivity index (χ2n) is 5.19. The first-order chi connectivity index (χ1) is 9.66. The van der Waals surface area contributed by atoms with Gasteiger partial charge >= 0.3 is 0 Å². The summed E-state index contributed by atoms with van der Waals surface area (Å²) in [7, 11) is 2.11. The summed E-state index contributed by atoms with van der Waals surface area (Å²) in [5.74, 6) is 0.893. The van der Waals surface area contributed by atoms with Crippen LogP contribution < -0.4 is 9.80 Å². The molecule has 104 valence electrons. The number of benzene rings is 1. The van der Waals surface area contributed by atoms with E-state index >= 15 is 0 Å². The summed E-state index contributed by atoms with van der Waals surface area (Å²) in [4.78, 5) is 8.93. The molecule has 1 atom stereocenters. The zero-order valence-electron chi connectivity index (χ0n) is 11.8. The third kappa shape index (κ3) is 2.23. The van der Waals surface area contributed by atoms with E-state index in [9.17, 15) is 5.11 Å². The van der Waals surface area contributed by atoms with Gasteiger partial charge in [0.05, 0.1) is 17.5 Å². The Balaban J connectivity index is 2.03. The molecule has 2 heterocycles. The molecule has 0 amide bonds. The molecule has 1 aromatic carbocycles. The van der Waals surface area contributed by atoms with Crippen molar-refractivity contribution < 1.29 is 5.11 Å². The zero-order valence-corrected chi connectivity index (χ0v) is 11.8. The van der Waals surface area contributed by atoms with Crippen molar-refractivity contribution in [3.05, 3.63) is 48.2 Å². The van der Waals surface area contributed by atoms with Crippen molar-refractivity contribution in [2.24, 2.45) is 0 Å². The van der Waals surface area contributed by atoms with Crippen LogP contribution in [0.1, 0.15) is 18.6 Å². The van der Waals surface area contributed by atoms with Crippen molar-refractivity contribution in [3.63, 3.8) is 0 Å². The molecule has 0 fully saturated rings. The van der Waals surface area contributed by atoms with Gasteiger partial charge in [-0.15, -0.1) is 0 Å². The minimum Gasteiger partial charge on any atom is -0.389 e. The fraction of sp³-hybridized carbons (Fsp3) is 0.312. The van der Waals surface area contributed by atoms with Crippen LogP contribution in [0.5, 0.6) is 0 Å². The van der Waals surface area contributed by atoms with Crippen molar-refractivity contribution in [1.29, 1.82) is 0 Å². The van der Waals surface area contributed by atoms with E-state index in [4.69, 9.17) is 0 Å². The van der Waals surface area contributed by atoms with E-state index in [-0.39, 0.29) is 0 Å². The Labute approximate surface area is 119 Å². The van der Waals surface area contributed by atoms with Crippen LogP contribution in [0, 0.1) is 0 Å². The third-order valence-electron chi connectivity index (χ3n) is 3.77. The summed E-state index contributed by atoms with van der Waals surface area (Å²) in [5.41, 5.74) is 3.27. The first-order valence-electron chi connectivity index (χ1n) is 6.88. The monoisotopic (exact) mass is 269 g/mol. The minimum absolute atomic E-state index is 0.473. The molecule has 4 heteroatoms. The quantitative estimate of drug-likeness (QED) is 0.910. The van der Waals surface area contributed by atoms with E-state index in [1.165, 1.54) is 5.69 Å². The van der Waals surface area contributed by atoms with Gasteiger partial charge in [0.15, 0.2) is 0 Å². The standard InChI is InChI=1S/C16H19N3O/c1-12(20)13-7-8-17-16(11-13)19-10-9-18(2)14-5-3-4-6-15(14)19/h3-8,11-12,20H,9-10H2,1-2H3. The van der Waals surface area contributed by atoms with Gasteiger partial charge in [0, 0.05) is 26.3 Å². The van der Waals surface area contributed by atoms with Crippen LogP contribution in [0.25, 0.3) is 0 Å². The van der Waals surface area contributed by atoms with Crippen molar-refractivity contribution in [2.75, 3.05) is 29.9 Å². The lowest BCUT2D eigenvalue weighted by molar-refractivity contribution is 0.199. The Bertz CT molecular complexity index is 612. The smallest absolute Gasteiger partial charge is 0.133 e. The summed E-state index contributed by atoms with van der Waals surface area (Å²) in [6.07, 6.45) is 1.29. The van der Waals surface area contributed by atoms with Crippen molar-refractivity contribution in [2.45, 2.75) is 13.0 Å². The minimum atomic E-state index is -0.473. The largest absolute Gasteiger partial charge is 0.389 e. The molecule has 1 aliphatic rings. The number of rotatable bonds is 2. The van der Waals surface area contributed by atoms with E-state index in [2.05, 4.69) is 40.0 Å². The van der Waals surface area contributed by atoms with Crippen LogP contribution in [-0.2, 0) is 0 Å². The maximum absolute atomic E-state index is 9.73. The van der Waals surface area contributed by atoms with Gasteiger partial charge in [0.1, 0.15) is 5.82 Å². The van der Waals surface area contributed by atoms with E-state index in [1.807, 2.05) is 18.2 Å². The van der Waals surface area contributed by atoms with Crippen LogP contribution in [0.4, 0.5) is 17.2 Å². The second kappa shape index (κ2) is 5.13. The molecule has 0 saturated carbocycles. The van der Waals surface area contributed by atoms with E-state index in [1.54, 1.807) is 13.1 Å². The zero-order chi connectivity index (χ0) is 14.1. The summed E-state index contributed by atoms with van der Waals surface area (Å²) < 4.78 is 0. The van der Waals surface area contributed by atoms with Crippen LogP contribution in [0.2, 0.25) is 0 Å². The summed E-state index contributed by atoms with van der Waals surface area (Å²) in [6.45, 7) is 3.62. The number of aromatic nitrogens is 1. The predicted octanol–water partition coefficient (Wildman–Crippen LogP) is 2.72. The molecule has 0 aliphatic carbocycles. The highest BCUT2D eigenvalue weighted by molar-refractivity contribution is 5.78. The van der Waals surface area contributed by atoms with E-state index in [0.717, 1.165) is 30.2 Å². The van der Waals surface area contributed by atoms with Gasteiger partial charge in [-0.1, -0.05) is 12.1 Å². The maximum atomic E-state index is 9.73. The number of anilines is 3. The maximum Gasteiger partial charge on any atom is 0.133 e. The number of aliphatic hydroxyl groups excluding tert-OH is 1. The number of fused-ring (bicyclic) bond motifs is 1. The molecule has 0 radical (unpaired) electrons. The first-order valence-corrected chi connectivity index (χ1v) is 6.88. The van der Waals surface area contributed by atoms with Gasteiger partial charge in [-0.2, -0.15) is 0 Å². The van der Waals surface area contributed by atoms with Crippen LogP contribution in [-0.4, -0.2) is 30.2 Å². The van der Waals surface area contributed by atoms with Crippen LogP contribution >= 0.6 is 0 Å². The Morgan fingerprint density at radius 2 is 1.90 bits per heavy atom. The number of para-hydroxylation sites is 2. The highest BCUT2D eigenvalue weighted by Crippen LogP contribution is 2.36. The van der Waals surface area contributed by atoms with Crippen molar-refractivity contribution in [3.8, 4) is 0 Å². The number of hydrogen-bond acceptors (Lipinski definition) is 4. The average Bonchev–Trinajstić information content (AvgIpc) is 2.48. The van der Waals surface area contributed by atoms with Gasteiger partial charge in [-0.05, 0) is 36.8 Å². The molecule has 1 N–H and O–H groups in total. The van der Waals surface area contributed by atoms with Crippen molar-refractivity contribution in [1.82, 2.24) is 4.98 Å². The topological polar surface area (TPSA) is 39.6 Å². The highest BCUT2D eigenvalue weighted by Gasteiger charge is 2.22. The molecule has 3 rings (SSSR count). The average molecular weight is 269 g/mol. The molecule has 0 bridgehead atoms. The molecule has 0 spiro atoms.